The van der Waals surface area contributed by atoms with Crippen LogP contribution >= 0.6 is 23.2 Å². The lowest BCUT2D eigenvalue weighted by Gasteiger charge is -2.27. The second-order valence-corrected chi connectivity index (χ2v) is 8.92. The fraction of sp³-hybridized carbons (Fsp3) is 0.381. The SMILES string of the molecule is CC(C)(C)OC(=O)N(CCCNc1nc2nc(F)ccc2[nH]1)Cc1cc(Cl)cc(Cl)c1. The summed E-state index contributed by atoms with van der Waals surface area (Å²) < 4.78 is 18.7. The molecule has 1 amide bonds. The molecule has 2 heterocycles. The van der Waals surface area contributed by atoms with Crippen molar-refractivity contribution in [3.8, 4) is 0 Å². The van der Waals surface area contributed by atoms with Gasteiger partial charge in [0, 0.05) is 29.7 Å². The zero-order valence-electron chi connectivity index (χ0n) is 17.5. The Morgan fingerprint density at radius 2 is 1.90 bits per heavy atom. The number of anilines is 1. The van der Waals surface area contributed by atoms with Gasteiger partial charge in [0.2, 0.25) is 11.9 Å². The Labute approximate surface area is 189 Å². The number of amides is 1. The average Bonchev–Trinajstić information content (AvgIpc) is 3.03. The van der Waals surface area contributed by atoms with Crippen LogP contribution in [0.25, 0.3) is 11.2 Å². The fourth-order valence-electron chi connectivity index (χ4n) is 2.91. The maximum Gasteiger partial charge on any atom is 0.410 e. The smallest absolute Gasteiger partial charge is 0.410 e. The highest BCUT2D eigenvalue weighted by Gasteiger charge is 2.22. The molecule has 1 aromatic carbocycles. The summed E-state index contributed by atoms with van der Waals surface area (Å²) in [6.45, 7) is 6.72. The number of halogens is 3. The Kier molecular flexibility index (Phi) is 7.23. The van der Waals surface area contributed by atoms with Gasteiger partial charge < -0.3 is 19.9 Å². The summed E-state index contributed by atoms with van der Waals surface area (Å²) >= 11 is 12.2. The van der Waals surface area contributed by atoms with Gasteiger partial charge in [-0.3, -0.25) is 0 Å². The predicted octanol–water partition coefficient (Wildman–Crippen LogP) is 5.64. The maximum absolute atomic E-state index is 13.2. The number of carbonyl (C=O) groups is 1. The van der Waals surface area contributed by atoms with Crippen molar-refractivity contribution in [3.63, 3.8) is 0 Å². The van der Waals surface area contributed by atoms with Crippen LogP contribution in [0.1, 0.15) is 32.8 Å². The Balaban J connectivity index is 1.62. The van der Waals surface area contributed by atoms with Gasteiger partial charge in [-0.25, -0.2) is 4.79 Å². The number of H-pyrrole nitrogens is 1. The summed E-state index contributed by atoms with van der Waals surface area (Å²) in [5.41, 5.74) is 1.13. The molecule has 0 aliphatic rings. The van der Waals surface area contributed by atoms with Crippen molar-refractivity contribution in [2.45, 2.75) is 39.3 Å². The lowest BCUT2D eigenvalue weighted by molar-refractivity contribution is 0.0233. The molecule has 2 N–H and O–H groups in total. The van der Waals surface area contributed by atoms with Gasteiger partial charge in [-0.1, -0.05) is 23.2 Å². The average molecular weight is 468 g/mol. The Morgan fingerprint density at radius 1 is 1.19 bits per heavy atom. The Bertz CT molecular complexity index is 1050. The van der Waals surface area contributed by atoms with E-state index in [-0.39, 0.29) is 0 Å². The normalized spacial score (nSPS) is 11.5. The number of pyridine rings is 1. The molecule has 0 spiro atoms. The van der Waals surface area contributed by atoms with Crippen LogP contribution in [-0.2, 0) is 11.3 Å². The molecule has 0 aliphatic heterocycles. The first-order valence-electron chi connectivity index (χ1n) is 9.78. The van der Waals surface area contributed by atoms with Crippen LogP contribution < -0.4 is 5.32 Å². The molecule has 0 saturated carbocycles. The van der Waals surface area contributed by atoms with E-state index in [0.29, 0.717) is 53.2 Å². The monoisotopic (exact) mass is 467 g/mol. The number of nitrogens with one attached hydrogen (secondary N) is 2. The Hall–Kier alpha value is -2.58. The maximum atomic E-state index is 13.2. The van der Waals surface area contributed by atoms with Gasteiger partial charge >= 0.3 is 6.09 Å². The highest BCUT2D eigenvalue weighted by atomic mass is 35.5. The number of hydrogen-bond acceptors (Lipinski definition) is 5. The Morgan fingerprint density at radius 3 is 2.58 bits per heavy atom. The summed E-state index contributed by atoms with van der Waals surface area (Å²) in [6, 6.07) is 8.02. The first-order chi connectivity index (χ1) is 14.6. The first-order valence-corrected chi connectivity index (χ1v) is 10.5. The van der Waals surface area contributed by atoms with E-state index in [1.165, 1.54) is 6.07 Å². The van der Waals surface area contributed by atoms with E-state index < -0.39 is 17.6 Å². The van der Waals surface area contributed by atoms with Crippen LogP contribution in [-0.4, -0.2) is 44.6 Å². The van der Waals surface area contributed by atoms with Crippen LogP contribution in [0.15, 0.2) is 30.3 Å². The van der Waals surface area contributed by atoms with Crippen molar-refractivity contribution < 1.29 is 13.9 Å². The third-order valence-corrected chi connectivity index (χ3v) is 4.59. The topological polar surface area (TPSA) is 83.1 Å². The third-order valence-electron chi connectivity index (χ3n) is 4.16. The molecular formula is C21H24Cl2FN5O2. The molecule has 3 rings (SSSR count). The van der Waals surface area contributed by atoms with Crippen LogP contribution in [0.2, 0.25) is 10.0 Å². The number of ether oxygens (including phenoxy) is 1. The number of imidazole rings is 1. The van der Waals surface area contributed by atoms with Crippen molar-refractivity contribution in [1.82, 2.24) is 19.9 Å². The molecule has 31 heavy (non-hydrogen) atoms. The molecule has 2 aromatic heterocycles. The van der Waals surface area contributed by atoms with Crippen molar-refractivity contribution >= 4 is 46.4 Å². The van der Waals surface area contributed by atoms with Gasteiger partial charge in [-0.2, -0.15) is 14.4 Å². The minimum atomic E-state index is -0.615. The van der Waals surface area contributed by atoms with Gasteiger partial charge in [0.1, 0.15) is 5.60 Å². The molecule has 0 radical (unpaired) electrons. The van der Waals surface area contributed by atoms with Crippen LogP contribution in [0.4, 0.5) is 15.1 Å². The number of benzene rings is 1. The van der Waals surface area contributed by atoms with E-state index in [9.17, 15) is 9.18 Å². The standard InChI is InChI=1S/C21H24Cl2FN5O2/c1-21(2,3)31-20(30)29(12-13-9-14(22)11-15(23)10-13)8-4-7-25-19-26-16-5-6-17(24)27-18(16)28-19/h5-6,9-11H,4,7-8,12H2,1-3H3,(H2,25,26,27,28). The van der Waals surface area contributed by atoms with Gasteiger partial charge in [0.05, 0.1) is 5.52 Å². The van der Waals surface area contributed by atoms with Gasteiger partial charge in [0.25, 0.3) is 0 Å². The minimum Gasteiger partial charge on any atom is -0.444 e. The number of nitrogens with zero attached hydrogens (tertiary/aromatic N) is 3. The zero-order valence-corrected chi connectivity index (χ0v) is 19.0. The summed E-state index contributed by atoms with van der Waals surface area (Å²) in [5, 5.41) is 4.13. The molecule has 0 aliphatic carbocycles. The quantitative estimate of drug-likeness (QED) is 0.346. The molecule has 3 aromatic rings. The molecule has 7 nitrogen and oxygen atoms in total. The van der Waals surface area contributed by atoms with Crippen LogP contribution in [0.5, 0.6) is 0 Å². The van der Waals surface area contributed by atoms with E-state index >= 15 is 0 Å². The first kappa shape index (κ1) is 23.1. The number of aromatic amines is 1. The molecule has 0 unspecified atom stereocenters. The molecule has 166 valence electrons. The molecular weight excluding hydrogens is 444 g/mol. The number of carbonyl (C=O) groups excluding carboxylic acids is 1. The van der Waals surface area contributed by atoms with Crippen molar-refractivity contribution in [2.24, 2.45) is 0 Å². The second-order valence-electron chi connectivity index (χ2n) is 8.05. The van der Waals surface area contributed by atoms with Crippen molar-refractivity contribution in [3.05, 3.63) is 51.9 Å². The molecule has 0 saturated heterocycles. The predicted molar refractivity (Wildman–Crippen MR) is 120 cm³/mol. The third kappa shape index (κ3) is 6.97. The van der Waals surface area contributed by atoms with E-state index in [4.69, 9.17) is 27.9 Å². The van der Waals surface area contributed by atoms with E-state index in [2.05, 4.69) is 20.3 Å². The lowest BCUT2D eigenvalue weighted by Crippen LogP contribution is -2.37. The van der Waals surface area contributed by atoms with Crippen molar-refractivity contribution in [1.29, 1.82) is 0 Å². The minimum absolute atomic E-state index is 0.302. The van der Waals surface area contributed by atoms with Gasteiger partial charge in [0.15, 0.2) is 5.65 Å². The highest BCUT2D eigenvalue weighted by molar-refractivity contribution is 6.34. The van der Waals surface area contributed by atoms with Crippen molar-refractivity contribution in [2.75, 3.05) is 18.4 Å². The fourth-order valence-corrected chi connectivity index (χ4v) is 3.49. The summed E-state index contributed by atoms with van der Waals surface area (Å²) in [7, 11) is 0. The lowest BCUT2D eigenvalue weighted by atomic mass is 10.2. The molecule has 0 fully saturated rings. The number of aromatic nitrogens is 3. The highest BCUT2D eigenvalue weighted by Crippen LogP contribution is 2.21. The molecule has 10 heteroatoms. The number of hydrogen-bond donors (Lipinski definition) is 2. The summed E-state index contributed by atoms with van der Waals surface area (Å²) in [6.07, 6.45) is 0.193. The van der Waals surface area contributed by atoms with E-state index in [1.807, 2.05) is 20.8 Å². The molecule has 0 bridgehead atoms. The zero-order chi connectivity index (χ0) is 22.6. The van der Waals surface area contributed by atoms with Crippen LogP contribution in [0, 0.1) is 5.95 Å². The van der Waals surface area contributed by atoms with Crippen LogP contribution in [0.3, 0.4) is 0 Å². The summed E-state index contributed by atoms with van der Waals surface area (Å²) in [4.78, 5) is 25.3. The van der Waals surface area contributed by atoms with Gasteiger partial charge in [-0.15, -0.1) is 0 Å². The van der Waals surface area contributed by atoms with E-state index in [1.54, 1.807) is 29.2 Å². The summed E-state index contributed by atoms with van der Waals surface area (Å²) in [5.74, 6) is -0.0989. The van der Waals surface area contributed by atoms with Gasteiger partial charge in [-0.05, 0) is 63.1 Å². The van der Waals surface area contributed by atoms with E-state index in [0.717, 1.165) is 5.56 Å². The largest absolute Gasteiger partial charge is 0.444 e. The second kappa shape index (κ2) is 9.70. The number of rotatable bonds is 7. The number of fused-ring (bicyclic) bond motifs is 1. The molecule has 0 atom stereocenters.